The number of amides is 3. The number of rotatable bonds is 10. The van der Waals surface area contributed by atoms with E-state index < -0.39 is 11.9 Å². The van der Waals surface area contributed by atoms with Crippen molar-refractivity contribution in [3.63, 3.8) is 0 Å². The Morgan fingerprint density at radius 1 is 1.06 bits per heavy atom. The predicted molar refractivity (Wildman–Crippen MR) is 137 cm³/mol. The van der Waals surface area contributed by atoms with Gasteiger partial charge in [-0.25, -0.2) is 4.90 Å². The van der Waals surface area contributed by atoms with E-state index in [-0.39, 0.29) is 24.8 Å². The van der Waals surface area contributed by atoms with E-state index in [2.05, 4.69) is 0 Å². The average molecular weight is 509 g/mol. The molecule has 0 bridgehead atoms. The van der Waals surface area contributed by atoms with Crippen LogP contribution in [0.3, 0.4) is 0 Å². The summed E-state index contributed by atoms with van der Waals surface area (Å²) in [5.41, 5.74) is 1.37. The Hall–Kier alpha value is -3.85. The van der Waals surface area contributed by atoms with Gasteiger partial charge in [0.05, 0.1) is 37.8 Å². The summed E-state index contributed by atoms with van der Waals surface area (Å²) in [6, 6.07) is 15.0. The minimum Gasteiger partial charge on any atom is -0.494 e. The van der Waals surface area contributed by atoms with Crippen LogP contribution in [-0.2, 0) is 16.0 Å². The fraction of sp³-hybridized carbons (Fsp3) is 0.296. The number of anilines is 1. The molecule has 0 saturated carbocycles. The third-order valence-electron chi connectivity index (χ3n) is 5.99. The van der Waals surface area contributed by atoms with Gasteiger partial charge in [0.1, 0.15) is 11.8 Å². The van der Waals surface area contributed by atoms with E-state index >= 15 is 0 Å². The van der Waals surface area contributed by atoms with Crippen molar-refractivity contribution in [3.05, 3.63) is 70.4 Å². The van der Waals surface area contributed by atoms with Crippen molar-refractivity contribution < 1.29 is 28.6 Å². The number of hydrogen-bond donors (Lipinski definition) is 0. The molecule has 0 N–H and O–H groups in total. The largest absolute Gasteiger partial charge is 0.494 e. The van der Waals surface area contributed by atoms with Crippen molar-refractivity contribution in [2.45, 2.75) is 25.8 Å². The summed E-state index contributed by atoms with van der Waals surface area (Å²) >= 11 is 1.30. The molecule has 36 heavy (non-hydrogen) atoms. The van der Waals surface area contributed by atoms with Crippen LogP contribution in [-0.4, -0.2) is 56.0 Å². The second-order valence-corrected chi connectivity index (χ2v) is 9.08. The number of thiophene rings is 1. The highest BCUT2D eigenvalue weighted by atomic mass is 32.1. The second-order valence-electron chi connectivity index (χ2n) is 8.13. The van der Waals surface area contributed by atoms with Crippen molar-refractivity contribution in [2.75, 3.05) is 32.3 Å². The van der Waals surface area contributed by atoms with E-state index in [4.69, 9.17) is 14.2 Å². The van der Waals surface area contributed by atoms with Gasteiger partial charge in [-0.15, -0.1) is 11.3 Å². The number of nitrogens with zero attached hydrogens (tertiary/aromatic N) is 2. The first kappa shape index (κ1) is 25.2. The maximum atomic E-state index is 13.5. The molecule has 1 aliphatic rings. The van der Waals surface area contributed by atoms with Crippen LogP contribution in [0, 0.1) is 0 Å². The summed E-state index contributed by atoms with van der Waals surface area (Å²) in [4.78, 5) is 43.1. The molecule has 8 nitrogen and oxygen atoms in total. The zero-order valence-electron chi connectivity index (χ0n) is 20.4. The van der Waals surface area contributed by atoms with Gasteiger partial charge in [-0.1, -0.05) is 12.1 Å². The van der Waals surface area contributed by atoms with Gasteiger partial charge in [-0.2, -0.15) is 0 Å². The normalized spacial score (nSPS) is 15.2. The number of carbonyl (C=O) groups is 3. The molecule has 188 valence electrons. The third kappa shape index (κ3) is 5.21. The van der Waals surface area contributed by atoms with E-state index in [1.165, 1.54) is 16.2 Å². The molecule has 2 aromatic carbocycles. The molecule has 4 rings (SSSR count). The highest BCUT2D eigenvalue weighted by molar-refractivity contribution is 7.12. The van der Waals surface area contributed by atoms with Gasteiger partial charge < -0.3 is 19.1 Å². The van der Waals surface area contributed by atoms with E-state index in [0.29, 0.717) is 40.8 Å². The number of ether oxygens (including phenoxy) is 3. The Labute approximate surface area is 214 Å². The Kier molecular flexibility index (Phi) is 7.90. The van der Waals surface area contributed by atoms with Gasteiger partial charge in [0.2, 0.25) is 5.91 Å². The maximum absolute atomic E-state index is 13.5. The molecule has 3 amide bonds. The average Bonchev–Trinajstić information content (AvgIpc) is 3.53. The third-order valence-corrected chi connectivity index (χ3v) is 6.84. The Bertz CT molecular complexity index is 1230. The molecule has 0 spiro atoms. The maximum Gasteiger partial charge on any atom is 0.264 e. The molecule has 1 saturated heterocycles. The van der Waals surface area contributed by atoms with Crippen LogP contribution < -0.4 is 19.1 Å². The van der Waals surface area contributed by atoms with Gasteiger partial charge >= 0.3 is 0 Å². The van der Waals surface area contributed by atoms with Gasteiger partial charge in [0.15, 0.2) is 11.5 Å². The Balaban J connectivity index is 1.58. The first-order valence-electron chi connectivity index (χ1n) is 11.6. The number of benzene rings is 2. The molecule has 1 aromatic heterocycles. The molecule has 1 unspecified atom stereocenters. The molecule has 0 radical (unpaired) electrons. The molecule has 1 atom stereocenters. The fourth-order valence-corrected chi connectivity index (χ4v) is 4.89. The lowest BCUT2D eigenvalue weighted by Gasteiger charge is -2.27. The minimum atomic E-state index is -0.890. The topological polar surface area (TPSA) is 85.4 Å². The number of hydrogen-bond acceptors (Lipinski definition) is 7. The zero-order chi connectivity index (χ0) is 25.7. The van der Waals surface area contributed by atoms with Gasteiger partial charge in [-0.05, 0) is 66.8 Å². The summed E-state index contributed by atoms with van der Waals surface area (Å²) in [7, 11) is 3.13. The van der Waals surface area contributed by atoms with Crippen LogP contribution in [0.5, 0.6) is 17.2 Å². The molecular weight excluding hydrogens is 480 g/mol. The summed E-state index contributed by atoms with van der Waals surface area (Å²) in [5, 5.41) is 1.81. The second kappa shape index (κ2) is 11.3. The predicted octanol–water partition coefficient (Wildman–Crippen LogP) is 4.18. The standard InChI is InChI=1S/C27H28N2O6S/c1-4-35-20-10-8-19(9-11-20)29-25(30)17-21(26(29)31)28(27(32)24-6-5-15-36-24)14-13-18-7-12-22(33-2)23(16-18)34-3/h5-12,15-16,21H,4,13-14,17H2,1-3H3. The molecule has 9 heteroatoms. The van der Waals surface area contributed by atoms with Crippen molar-refractivity contribution in [1.82, 2.24) is 4.90 Å². The van der Waals surface area contributed by atoms with Gasteiger partial charge in [-0.3, -0.25) is 14.4 Å². The van der Waals surface area contributed by atoms with Gasteiger partial charge in [0, 0.05) is 6.54 Å². The summed E-state index contributed by atoms with van der Waals surface area (Å²) in [5.74, 6) is 0.812. The van der Waals surface area contributed by atoms with Crippen LogP contribution in [0.1, 0.15) is 28.6 Å². The molecule has 3 aromatic rings. The van der Waals surface area contributed by atoms with Crippen LogP contribution in [0.15, 0.2) is 60.0 Å². The first-order valence-corrected chi connectivity index (χ1v) is 12.5. The van der Waals surface area contributed by atoms with Crippen molar-refractivity contribution in [1.29, 1.82) is 0 Å². The highest BCUT2D eigenvalue weighted by Crippen LogP contribution is 2.30. The molecule has 1 aliphatic heterocycles. The van der Waals surface area contributed by atoms with Crippen LogP contribution in [0.2, 0.25) is 0 Å². The molecule has 2 heterocycles. The summed E-state index contributed by atoms with van der Waals surface area (Å²) in [6.45, 7) is 2.66. The molecule has 1 fully saturated rings. The Morgan fingerprint density at radius 3 is 2.44 bits per heavy atom. The fourth-order valence-electron chi connectivity index (χ4n) is 4.22. The first-order chi connectivity index (χ1) is 17.5. The van der Waals surface area contributed by atoms with Crippen LogP contribution in [0.25, 0.3) is 0 Å². The number of imide groups is 1. The minimum absolute atomic E-state index is 0.0743. The summed E-state index contributed by atoms with van der Waals surface area (Å²) < 4.78 is 16.1. The lowest BCUT2D eigenvalue weighted by Crippen LogP contribution is -2.46. The van der Waals surface area contributed by atoms with Gasteiger partial charge in [0.25, 0.3) is 11.8 Å². The molecular formula is C27H28N2O6S. The number of methoxy groups -OCH3 is 2. The summed E-state index contributed by atoms with van der Waals surface area (Å²) in [6.07, 6.45) is 0.396. The van der Waals surface area contributed by atoms with Crippen molar-refractivity contribution >= 4 is 34.7 Å². The smallest absolute Gasteiger partial charge is 0.264 e. The van der Waals surface area contributed by atoms with E-state index in [1.54, 1.807) is 56.7 Å². The van der Waals surface area contributed by atoms with E-state index in [0.717, 1.165) is 10.5 Å². The van der Waals surface area contributed by atoms with E-state index in [9.17, 15) is 14.4 Å². The van der Waals surface area contributed by atoms with Crippen molar-refractivity contribution in [2.24, 2.45) is 0 Å². The monoisotopic (exact) mass is 508 g/mol. The van der Waals surface area contributed by atoms with Crippen molar-refractivity contribution in [3.8, 4) is 17.2 Å². The highest BCUT2D eigenvalue weighted by Gasteiger charge is 2.44. The SMILES string of the molecule is CCOc1ccc(N2C(=O)CC(N(CCc3ccc(OC)c(OC)c3)C(=O)c3cccs3)C2=O)cc1. The van der Waals surface area contributed by atoms with Crippen LogP contribution >= 0.6 is 11.3 Å². The molecule has 0 aliphatic carbocycles. The van der Waals surface area contributed by atoms with E-state index in [1.807, 2.05) is 24.4 Å². The number of carbonyl (C=O) groups excluding carboxylic acids is 3. The lowest BCUT2D eigenvalue weighted by atomic mass is 10.1. The Morgan fingerprint density at radius 2 is 1.81 bits per heavy atom. The quantitative estimate of drug-likeness (QED) is 0.382. The zero-order valence-corrected chi connectivity index (χ0v) is 21.2. The van der Waals surface area contributed by atoms with Crippen LogP contribution in [0.4, 0.5) is 5.69 Å². The lowest BCUT2D eigenvalue weighted by molar-refractivity contribution is -0.122.